The molecule has 2 saturated heterocycles. The van der Waals surface area contributed by atoms with E-state index < -0.39 is 10.0 Å². The summed E-state index contributed by atoms with van der Waals surface area (Å²) < 4.78 is 30.6. The molecule has 2 aliphatic rings. The summed E-state index contributed by atoms with van der Waals surface area (Å²) >= 11 is 0. The normalized spacial score (nSPS) is 30.5. The summed E-state index contributed by atoms with van der Waals surface area (Å²) in [4.78, 5) is 2.42. The lowest BCUT2D eigenvalue weighted by atomic mass is 9.98. The van der Waals surface area contributed by atoms with E-state index in [0.717, 1.165) is 45.6 Å². The third-order valence-electron chi connectivity index (χ3n) is 4.12. The van der Waals surface area contributed by atoms with Crippen molar-refractivity contribution in [2.24, 2.45) is 5.92 Å². The van der Waals surface area contributed by atoms with E-state index in [2.05, 4.69) is 10.2 Å². The number of nitrogens with zero attached hydrogens (tertiary/aromatic N) is 2. The van der Waals surface area contributed by atoms with Gasteiger partial charge in [-0.3, -0.25) is 4.90 Å². The van der Waals surface area contributed by atoms with Crippen molar-refractivity contribution >= 4 is 10.0 Å². The van der Waals surface area contributed by atoms with Gasteiger partial charge in [-0.2, -0.15) is 0 Å². The van der Waals surface area contributed by atoms with Gasteiger partial charge < -0.3 is 10.1 Å². The van der Waals surface area contributed by atoms with Crippen LogP contribution in [0.3, 0.4) is 0 Å². The van der Waals surface area contributed by atoms with Crippen LogP contribution in [-0.4, -0.2) is 82.9 Å². The predicted octanol–water partition coefficient (Wildman–Crippen LogP) is -0.422. The maximum Gasteiger partial charge on any atom is 0.211 e. The molecule has 6 nitrogen and oxygen atoms in total. The SMILES string of the molecule is CNCC1CN(CC2CCCN(S(C)(=O)=O)C2)CCO1. The zero-order chi connectivity index (χ0) is 14.6. The quantitative estimate of drug-likeness (QED) is 0.747. The first-order valence-electron chi connectivity index (χ1n) is 7.42. The summed E-state index contributed by atoms with van der Waals surface area (Å²) in [6.07, 6.45) is 3.66. The molecule has 2 aliphatic heterocycles. The Morgan fingerprint density at radius 2 is 2.10 bits per heavy atom. The van der Waals surface area contributed by atoms with Gasteiger partial charge in [-0.1, -0.05) is 0 Å². The maximum atomic E-state index is 11.6. The Morgan fingerprint density at radius 3 is 2.80 bits per heavy atom. The van der Waals surface area contributed by atoms with Crippen molar-refractivity contribution in [3.8, 4) is 0 Å². The molecule has 0 aromatic heterocycles. The van der Waals surface area contributed by atoms with Crippen LogP contribution >= 0.6 is 0 Å². The van der Waals surface area contributed by atoms with E-state index in [1.54, 1.807) is 4.31 Å². The molecule has 118 valence electrons. The van der Waals surface area contributed by atoms with Crippen molar-refractivity contribution in [2.45, 2.75) is 18.9 Å². The van der Waals surface area contributed by atoms with Crippen LogP contribution in [0.15, 0.2) is 0 Å². The molecule has 0 aromatic carbocycles. The van der Waals surface area contributed by atoms with E-state index in [0.29, 0.717) is 19.0 Å². The van der Waals surface area contributed by atoms with Crippen LogP contribution in [0, 0.1) is 5.92 Å². The predicted molar refractivity (Wildman–Crippen MR) is 79.2 cm³/mol. The van der Waals surface area contributed by atoms with Crippen molar-refractivity contribution in [1.29, 1.82) is 0 Å². The fourth-order valence-electron chi connectivity index (χ4n) is 3.14. The number of ether oxygens (including phenoxy) is 1. The average molecular weight is 305 g/mol. The van der Waals surface area contributed by atoms with Gasteiger partial charge in [0.2, 0.25) is 10.0 Å². The fraction of sp³-hybridized carbons (Fsp3) is 1.00. The van der Waals surface area contributed by atoms with Crippen molar-refractivity contribution in [1.82, 2.24) is 14.5 Å². The van der Waals surface area contributed by atoms with Gasteiger partial charge in [0.25, 0.3) is 0 Å². The second kappa shape index (κ2) is 7.17. The Balaban J connectivity index is 1.83. The highest BCUT2D eigenvalue weighted by molar-refractivity contribution is 7.88. The third kappa shape index (κ3) is 4.66. The van der Waals surface area contributed by atoms with Gasteiger partial charge in [0.05, 0.1) is 19.0 Å². The van der Waals surface area contributed by atoms with Crippen LogP contribution in [0.25, 0.3) is 0 Å². The maximum absolute atomic E-state index is 11.6. The molecule has 0 aliphatic carbocycles. The molecule has 2 heterocycles. The summed E-state index contributed by atoms with van der Waals surface area (Å²) in [5.74, 6) is 0.451. The van der Waals surface area contributed by atoms with E-state index >= 15 is 0 Å². The van der Waals surface area contributed by atoms with Crippen LogP contribution in [0.4, 0.5) is 0 Å². The number of rotatable bonds is 5. The van der Waals surface area contributed by atoms with Gasteiger partial charge in [0, 0.05) is 39.3 Å². The first-order valence-corrected chi connectivity index (χ1v) is 9.27. The summed E-state index contributed by atoms with van der Waals surface area (Å²) in [7, 11) is -1.10. The molecule has 2 rings (SSSR count). The lowest BCUT2D eigenvalue weighted by molar-refractivity contribution is -0.0327. The summed E-state index contributed by atoms with van der Waals surface area (Å²) in [6, 6.07) is 0. The van der Waals surface area contributed by atoms with Gasteiger partial charge in [0.1, 0.15) is 0 Å². The lowest BCUT2D eigenvalue weighted by Gasteiger charge is -2.38. The van der Waals surface area contributed by atoms with E-state index in [1.165, 1.54) is 6.26 Å². The smallest absolute Gasteiger partial charge is 0.211 e. The molecular formula is C13H27N3O3S. The molecule has 2 unspecified atom stereocenters. The van der Waals surface area contributed by atoms with Crippen LogP contribution in [0.5, 0.6) is 0 Å². The second-order valence-corrected chi connectivity index (χ2v) is 7.92. The van der Waals surface area contributed by atoms with E-state index in [4.69, 9.17) is 4.74 Å². The second-order valence-electron chi connectivity index (χ2n) is 5.94. The highest BCUT2D eigenvalue weighted by Gasteiger charge is 2.28. The Kier molecular flexibility index (Phi) is 5.80. The Labute approximate surface area is 122 Å². The van der Waals surface area contributed by atoms with Crippen molar-refractivity contribution in [3.05, 3.63) is 0 Å². The fourth-order valence-corrected chi connectivity index (χ4v) is 4.08. The van der Waals surface area contributed by atoms with Gasteiger partial charge >= 0.3 is 0 Å². The molecule has 0 spiro atoms. The minimum absolute atomic E-state index is 0.253. The molecular weight excluding hydrogens is 278 g/mol. The third-order valence-corrected chi connectivity index (χ3v) is 5.39. The van der Waals surface area contributed by atoms with Crippen molar-refractivity contribution in [2.75, 3.05) is 59.2 Å². The molecule has 0 radical (unpaired) electrons. The van der Waals surface area contributed by atoms with Crippen LogP contribution in [0.2, 0.25) is 0 Å². The number of piperidine rings is 1. The van der Waals surface area contributed by atoms with Gasteiger partial charge in [0.15, 0.2) is 0 Å². The molecule has 0 saturated carbocycles. The summed E-state index contributed by atoms with van der Waals surface area (Å²) in [5, 5.41) is 3.15. The molecule has 1 N–H and O–H groups in total. The number of likely N-dealkylation sites (N-methyl/N-ethyl adjacent to an activating group) is 1. The lowest BCUT2D eigenvalue weighted by Crippen LogP contribution is -2.50. The molecule has 20 heavy (non-hydrogen) atoms. The Bertz CT molecular complexity index is 400. The first-order chi connectivity index (χ1) is 9.49. The topological polar surface area (TPSA) is 61.9 Å². The van der Waals surface area contributed by atoms with Crippen molar-refractivity contribution < 1.29 is 13.2 Å². The zero-order valence-electron chi connectivity index (χ0n) is 12.5. The number of nitrogens with one attached hydrogen (secondary N) is 1. The summed E-state index contributed by atoms with van der Waals surface area (Å²) in [6.45, 7) is 5.88. The van der Waals surface area contributed by atoms with Gasteiger partial charge in [-0.15, -0.1) is 0 Å². The number of hydrogen-bond acceptors (Lipinski definition) is 5. The molecule has 7 heteroatoms. The Morgan fingerprint density at radius 1 is 1.30 bits per heavy atom. The molecule has 2 fully saturated rings. The monoisotopic (exact) mass is 305 g/mol. The highest BCUT2D eigenvalue weighted by Crippen LogP contribution is 2.20. The van der Waals surface area contributed by atoms with E-state index in [1.807, 2.05) is 7.05 Å². The largest absolute Gasteiger partial charge is 0.374 e. The molecule has 2 atom stereocenters. The zero-order valence-corrected chi connectivity index (χ0v) is 13.4. The number of morpholine rings is 1. The van der Waals surface area contributed by atoms with E-state index in [-0.39, 0.29) is 6.10 Å². The van der Waals surface area contributed by atoms with Gasteiger partial charge in [-0.05, 0) is 25.8 Å². The van der Waals surface area contributed by atoms with Gasteiger partial charge in [-0.25, -0.2) is 12.7 Å². The average Bonchev–Trinajstić information content (AvgIpc) is 2.39. The van der Waals surface area contributed by atoms with Crippen LogP contribution < -0.4 is 5.32 Å². The summed E-state index contributed by atoms with van der Waals surface area (Å²) in [5.41, 5.74) is 0. The molecule has 0 amide bonds. The van der Waals surface area contributed by atoms with E-state index in [9.17, 15) is 8.42 Å². The highest BCUT2D eigenvalue weighted by atomic mass is 32.2. The number of sulfonamides is 1. The number of hydrogen-bond donors (Lipinski definition) is 1. The standard InChI is InChI=1S/C13H27N3O3S/c1-14-8-13-11-15(6-7-19-13)9-12-4-3-5-16(10-12)20(2,17)18/h12-14H,3-11H2,1-2H3. The first kappa shape index (κ1) is 16.2. The minimum Gasteiger partial charge on any atom is -0.374 e. The Hall–Kier alpha value is -0.210. The van der Waals surface area contributed by atoms with Crippen LogP contribution in [0.1, 0.15) is 12.8 Å². The minimum atomic E-state index is -3.04. The van der Waals surface area contributed by atoms with Crippen molar-refractivity contribution in [3.63, 3.8) is 0 Å². The molecule has 0 aromatic rings. The molecule has 0 bridgehead atoms. The van der Waals surface area contributed by atoms with Crippen LogP contribution in [-0.2, 0) is 14.8 Å².